The molecule has 9 nitrogen and oxygen atoms in total. The van der Waals surface area contributed by atoms with Crippen molar-refractivity contribution in [2.24, 2.45) is 0 Å². The van der Waals surface area contributed by atoms with Crippen LogP contribution in [0.1, 0.15) is 6.42 Å². The lowest BCUT2D eigenvalue weighted by Gasteiger charge is -2.23. The highest BCUT2D eigenvalue weighted by molar-refractivity contribution is 7.46. The average molecular weight is 314 g/mol. The number of carbonyl (C=O) groups is 1. The number of hydrogen-bond acceptors (Lipinski definition) is 6. The highest BCUT2D eigenvalue weighted by Gasteiger charge is 2.22. The van der Waals surface area contributed by atoms with Crippen LogP contribution in [0.15, 0.2) is 0 Å². The lowest BCUT2D eigenvalue weighted by molar-refractivity contribution is -0.870. The summed E-state index contributed by atoms with van der Waals surface area (Å²) in [6.07, 6.45) is -0.254. The number of carbonyl (C=O) groups excluding carboxylic acids is 1. The molecule has 2 atom stereocenters. The Hall–Kier alpha value is -0.540. The second-order valence-electron chi connectivity index (χ2n) is 5.51. The first-order chi connectivity index (χ1) is 8.91. The molecule has 0 radical (unpaired) electrons. The van der Waals surface area contributed by atoms with Gasteiger partial charge in [-0.2, -0.15) is 0 Å². The maximum atomic E-state index is 10.2. The number of phosphoric ester groups is 1. The van der Waals surface area contributed by atoms with E-state index in [2.05, 4.69) is 9.84 Å². The van der Waals surface area contributed by atoms with Crippen LogP contribution in [-0.4, -0.2) is 78.3 Å². The molecule has 0 amide bonds. The Kier molecular flexibility index (Phi) is 7.82. The van der Waals surface area contributed by atoms with Gasteiger partial charge in [0.25, 0.3) is 0 Å². The molecule has 0 unspecified atom stereocenters. The molecule has 120 valence electrons. The third kappa shape index (κ3) is 11.3. The molecular formula is C10H23N2O7P. The molecule has 1 aliphatic heterocycles. The van der Waals surface area contributed by atoms with Gasteiger partial charge < -0.3 is 34.6 Å². The second-order valence-corrected chi connectivity index (χ2v) is 6.75. The van der Waals surface area contributed by atoms with E-state index in [9.17, 15) is 14.5 Å². The molecule has 0 spiro atoms. The van der Waals surface area contributed by atoms with Gasteiger partial charge in [-0.3, -0.25) is 4.52 Å². The first-order valence-electron chi connectivity index (χ1n) is 6.03. The van der Waals surface area contributed by atoms with Gasteiger partial charge in [0.2, 0.25) is 0 Å². The number of phosphoric acid groups is 1. The van der Waals surface area contributed by atoms with Gasteiger partial charge >= 0.3 is 7.82 Å². The van der Waals surface area contributed by atoms with Crippen LogP contribution in [0.25, 0.3) is 0 Å². The van der Waals surface area contributed by atoms with Crippen molar-refractivity contribution in [1.29, 1.82) is 0 Å². The highest BCUT2D eigenvalue weighted by Crippen LogP contribution is 2.35. The van der Waals surface area contributed by atoms with Crippen LogP contribution in [0.2, 0.25) is 0 Å². The summed E-state index contributed by atoms with van der Waals surface area (Å²) in [5, 5.41) is 21.5. The number of likely N-dealkylation sites (N-methyl/N-ethyl adjacent to an activating group) is 1. The van der Waals surface area contributed by atoms with Gasteiger partial charge in [0.05, 0.1) is 33.2 Å². The molecule has 0 bridgehead atoms. The van der Waals surface area contributed by atoms with E-state index in [1.807, 2.05) is 21.1 Å². The summed E-state index contributed by atoms with van der Waals surface area (Å²) in [4.78, 5) is 26.7. The van der Waals surface area contributed by atoms with Gasteiger partial charge in [0.1, 0.15) is 13.2 Å². The Morgan fingerprint density at radius 1 is 1.45 bits per heavy atom. The molecule has 20 heavy (non-hydrogen) atoms. The quantitative estimate of drug-likeness (QED) is 0.317. The summed E-state index contributed by atoms with van der Waals surface area (Å²) >= 11 is 0. The van der Waals surface area contributed by atoms with Crippen LogP contribution >= 0.6 is 7.82 Å². The molecule has 1 saturated heterocycles. The molecular weight excluding hydrogens is 291 g/mol. The van der Waals surface area contributed by atoms with Crippen LogP contribution in [0.3, 0.4) is 0 Å². The predicted octanol–water partition coefficient (Wildman–Crippen LogP) is -2.74. The number of hydrogen-bond donors (Lipinski definition) is 4. The minimum absolute atomic E-state index is 0.0772. The van der Waals surface area contributed by atoms with E-state index in [-0.39, 0.29) is 13.0 Å². The monoisotopic (exact) mass is 314 g/mol. The number of aliphatic hydroxyl groups excluding tert-OH is 1. The third-order valence-corrected chi connectivity index (χ3v) is 2.93. The zero-order valence-corrected chi connectivity index (χ0v) is 12.7. The maximum absolute atomic E-state index is 10.2. The van der Waals surface area contributed by atoms with Gasteiger partial charge in [-0.15, -0.1) is 0 Å². The van der Waals surface area contributed by atoms with Crippen molar-refractivity contribution in [3.05, 3.63) is 0 Å². The van der Waals surface area contributed by atoms with Gasteiger partial charge in [0, 0.05) is 12.6 Å². The van der Waals surface area contributed by atoms with Crippen LogP contribution < -0.4 is 10.4 Å². The van der Waals surface area contributed by atoms with Gasteiger partial charge in [0.15, 0.2) is 0 Å². The van der Waals surface area contributed by atoms with Crippen LogP contribution in [0, 0.1) is 0 Å². The standard InChI is InChI=1S/C5H14NO4P.C5H9NO3/c1-6(2,3)4-5-10-11(7,8)9;7-3-1-4(5(8)9)6-2-3/h4-5H2,1-3H3,(H-,7,8,9);3-4,6-7H,1-2H2,(H,8,9)/t;3-,4+/m.1/s1. The number of rotatable bonds is 5. The average Bonchev–Trinajstić information content (AvgIpc) is 2.61. The molecule has 1 aliphatic rings. The van der Waals surface area contributed by atoms with Crippen molar-refractivity contribution in [2.45, 2.75) is 18.6 Å². The van der Waals surface area contributed by atoms with Crippen molar-refractivity contribution in [2.75, 3.05) is 40.8 Å². The molecule has 0 aromatic carbocycles. The van der Waals surface area contributed by atoms with Crippen molar-refractivity contribution in [3.8, 4) is 0 Å². The fourth-order valence-electron chi connectivity index (χ4n) is 1.33. The number of carboxylic acid groups (broad SMARTS) is 1. The largest absolute Gasteiger partial charge is 0.548 e. The van der Waals surface area contributed by atoms with E-state index >= 15 is 0 Å². The number of aliphatic carboxylic acids is 1. The number of carboxylic acids is 1. The number of quaternary nitrogens is 1. The van der Waals surface area contributed by atoms with Crippen molar-refractivity contribution < 1.29 is 38.4 Å². The molecule has 0 aromatic heterocycles. The fraction of sp³-hybridized carbons (Fsp3) is 0.900. The molecule has 1 fully saturated rings. The van der Waals surface area contributed by atoms with Crippen molar-refractivity contribution >= 4 is 13.8 Å². The van der Waals surface area contributed by atoms with Gasteiger partial charge in [-0.25, -0.2) is 4.57 Å². The highest BCUT2D eigenvalue weighted by atomic mass is 31.2. The number of β-amino-alcohol motifs (C(OH)–C–C–N with tert-alkyl or cyclic N) is 1. The number of nitrogens with zero attached hydrogens (tertiary/aromatic N) is 1. The molecule has 1 heterocycles. The topological polar surface area (TPSA) is 139 Å². The molecule has 0 saturated carbocycles. The Labute approximate surface area is 118 Å². The van der Waals surface area contributed by atoms with E-state index in [1.165, 1.54) is 0 Å². The normalized spacial score (nSPS) is 23.1. The van der Waals surface area contributed by atoms with Crippen molar-refractivity contribution in [1.82, 2.24) is 5.32 Å². The first kappa shape index (κ1) is 19.5. The van der Waals surface area contributed by atoms with E-state index in [0.29, 0.717) is 17.6 Å². The Balaban J connectivity index is 0.000000367. The zero-order chi connectivity index (χ0) is 16.0. The molecule has 1 rings (SSSR count). The minimum atomic E-state index is -4.26. The summed E-state index contributed by atoms with van der Waals surface area (Å²) < 4.78 is 15.1. The summed E-state index contributed by atoms with van der Waals surface area (Å²) in [6.45, 7) is 1.01. The summed E-state index contributed by atoms with van der Waals surface area (Å²) in [7, 11) is 1.50. The maximum Gasteiger partial charge on any atom is 0.469 e. The van der Waals surface area contributed by atoms with Crippen LogP contribution in [-0.2, 0) is 13.9 Å². The van der Waals surface area contributed by atoms with Crippen LogP contribution in [0.5, 0.6) is 0 Å². The molecule has 10 heteroatoms. The minimum Gasteiger partial charge on any atom is -0.548 e. The van der Waals surface area contributed by atoms with E-state index < -0.39 is 25.9 Å². The third-order valence-electron chi connectivity index (χ3n) is 2.41. The molecule has 0 aliphatic carbocycles. The van der Waals surface area contributed by atoms with E-state index in [4.69, 9.17) is 14.9 Å². The van der Waals surface area contributed by atoms with Gasteiger partial charge in [-0.05, 0) is 6.42 Å². The lowest BCUT2D eigenvalue weighted by Crippen LogP contribution is -2.41. The summed E-state index contributed by atoms with van der Waals surface area (Å²) in [5.74, 6) is -1.13. The first-order valence-corrected chi connectivity index (χ1v) is 7.56. The SMILES string of the molecule is C[N+](C)(C)CCOP(=O)(O)O.O=C([O-])[C@@H]1C[C@@H](O)CN1. The molecule has 4 N–H and O–H groups in total. The van der Waals surface area contributed by atoms with E-state index in [1.54, 1.807) is 0 Å². The second kappa shape index (κ2) is 8.04. The van der Waals surface area contributed by atoms with Crippen molar-refractivity contribution in [3.63, 3.8) is 0 Å². The number of aliphatic hydroxyl groups is 1. The fourth-order valence-corrected chi connectivity index (χ4v) is 1.65. The Morgan fingerprint density at radius 2 is 2.00 bits per heavy atom. The summed E-state index contributed by atoms with van der Waals surface area (Å²) in [6, 6.07) is -0.653. The Morgan fingerprint density at radius 3 is 2.25 bits per heavy atom. The molecule has 0 aromatic rings. The van der Waals surface area contributed by atoms with E-state index in [0.717, 1.165) is 0 Å². The van der Waals surface area contributed by atoms with Crippen LogP contribution in [0.4, 0.5) is 0 Å². The van der Waals surface area contributed by atoms with Gasteiger partial charge in [-0.1, -0.05) is 0 Å². The smallest absolute Gasteiger partial charge is 0.469 e. The Bertz CT molecular complexity index is 352. The lowest BCUT2D eigenvalue weighted by atomic mass is 10.2. The summed E-state index contributed by atoms with van der Waals surface area (Å²) in [5.41, 5.74) is 0. The predicted molar refractivity (Wildman–Crippen MR) is 68.3 cm³/mol. The number of nitrogens with one attached hydrogen (secondary N) is 1. The zero-order valence-electron chi connectivity index (χ0n) is 11.9.